The van der Waals surface area contributed by atoms with Crippen molar-refractivity contribution in [3.63, 3.8) is 0 Å². The molecule has 0 radical (unpaired) electrons. The van der Waals surface area contributed by atoms with Crippen LogP contribution in [-0.4, -0.2) is 14.0 Å². The summed E-state index contributed by atoms with van der Waals surface area (Å²) in [6, 6.07) is 58.4. The third-order valence-electron chi connectivity index (χ3n) is 10.1. The molecule has 0 N–H and O–H groups in total. The molecule has 0 unspecified atom stereocenters. The second-order valence-corrected chi connectivity index (χ2v) is 12.8. The lowest BCUT2D eigenvalue weighted by atomic mass is 9.91. The molecule has 228 valence electrons. The van der Waals surface area contributed by atoms with Gasteiger partial charge in [-0.1, -0.05) is 115 Å². The Labute approximate surface area is 280 Å². The number of hydrogen-bond acceptors (Lipinski definition) is 2. The molecule has 0 bridgehead atoms. The van der Waals surface area contributed by atoms with Crippen molar-refractivity contribution in [2.45, 2.75) is 0 Å². The standard InChI is InChI=1S/C45H27N3O/c1-2-13-32(14-3-1)47-44-43(38-19-8-9-20-42(38)49-44)48-41-24-22-31(27-40(41)46-45(47)48)29-12-10-11-28(25-29)30-21-23-37-35-17-5-4-15-33(35)34-16-6-7-18-36(34)39(37)26-30/h1-27H. The fraction of sp³-hybridized carbons (Fsp3) is 0. The highest BCUT2D eigenvalue weighted by Gasteiger charge is 2.23. The maximum absolute atomic E-state index is 6.45. The summed E-state index contributed by atoms with van der Waals surface area (Å²) in [5.74, 6) is 0.836. The summed E-state index contributed by atoms with van der Waals surface area (Å²) in [4.78, 5) is 5.23. The highest BCUT2D eigenvalue weighted by Crippen LogP contribution is 2.39. The van der Waals surface area contributed by atoms with E-state index >= 15 is 0 Å². The number of fused-ring (bicyclic) bond motifs is 13. The van der Waals surface area contributed by atoms with Gasteiger partial charge in [0.15, 0.2) is 0 Å². The number of furan rings is 1. The van der Waals surface area contributed by atoms with Gasteiger partial charge in [-0.15, -0.1) is 0 Å². The Bertz CT molecular complexity index is 3070. The fourth-order valence-electron chi connectivity index (χ4n) is 7.87. The van der Waals surface area contributed by atoms with E-state index in [-0.39, 0.29) is 0 Å². The van der Waals surface area contributed by atoms with Gasteiger partial charge in [0.25, 0.3) is 0 Å². The van der Waals surface area contributed by atoms with Gasteiger partial charge in [0.1, 0.15) is 11.1 Å². The lowest BCUT2D eigenvalue weighted by molar-refractivity contribution is 0.645. The molecule has 0 atom stereocenters. The van der Waals surface area contributed by atoms with Crippen molar-refractivity contribution >= 4 is 71.3 Å². The van der Waals surface area contributed by atoms with Gasteiger partial charge in [-0.3, -0.25) is 4.40 Å². The molecule has 49 heavy (non-hydrogen) atoms. The van der Waals surface area contributed by atoms with E-state index in [9.17, 15) is 0 Å². The third-order valence-corrected chi connectivity index (χ3v) is 10.1. The van der Waals surface area contributed by atoms with Crippen LogP contribution in [0.15, 0.2) is 168 Å². The molecule has 8 aromatic carbocycles. The van der Waals surface area contributed by atoms with Crippen LogP contribution in [0.1, 0.15) is 0 Å². The van der Waals surface area contributed by atoms with E-state index in [0.29, 0.717) is 0 Å². The molecule has 0 amide bonds. The Morgan fingerprint density at radius 1 is 0.429 bits per heavy atom. The van der Waals surface area contributed by atoms with Crippen LogP contribution in [-0.2, 0) is 0 Å². The highest BCUT2D eigenvalue weighted by molar-refractivity contribution is 6.25. The Morgan fingerprint density at radius 3 is 1.73 bits per heavy atom. The molecule has 0 saturated heterocycles. The number of nitrogens with zero attached hydrogens (tertiary/aromatic N) is 3. The minimum atomic E-state index is 0.796. The molecule has 0 aliphatic carbocycles. The number of imidazole rings is 2. The van der Waals surface area contributed by atoms with E-state index in [2.05, 4.69) is 142 Å². The van der Waals surface area contributed by atoms with Crippen LogP contribution in [0.3, 0.4) is 0 Å². The maximum atomic E-state index is 6.45. The zero-order valence-corrected chi connectivity index (χ0v) is 26.3. The molecule has 4 nitrogen and oxygen atoms in total. The van der Waals surface area contributed by atoms with Gasteiger partial charge in [0.2, 0.25) is 11.5 Å². The first-order chi connectivity index (χ1) is 24.3. The SMILES string of the molecule is c1ccc(-n2c3oc4ccccc4c3n3c4ccc(-c5cccc(-c6ccc7c8ccccc8c8ccccc8c7c6)c5)cc4nc23)cc1. The molecule has 11 aromatic rings. The monoisotopic (exact) mass is 625 g/mol. The maximum Gasteiger partial charge on any atom is 0.232 e. The average molecular weight is 626 g/mol. The van der Waals surface area contributed by atoms with Gasteiger partial charge in [0, 0.05) is 5.39 Å². The minimum absolute atomic E-state index is 0.796. The van der Waals surface area contributed by atoms with Crippen LogP contribution in [0.25, 0.3) is 99.3 Å². The lowest BCUT2D eigenvalue weighted by Gasteiger charge is -2.12. The Hall–Kier alpha value is -6.65. The van der Waals surface area contributed by atoms with Crippen LogP contribution in [0.2, 0.25) is 0 Å². The van der Waals surface area contributed by atoms with Crippen LogP contribution < -0.4 is 0 Å². The number of hydrogen-bond donors (Lipinski definition) is 0. The van der Waals surface area contributed by atoms with Crippen molar-refractivity contribution in [1.82, 2.24) is 14.0 Å². The van der Waals surface area contributed by atoms with Gasteiger partial charge in [-0.05, 0) is 103 Å². The van der Waals surface area contributed by atoms with Crippen molar-refractivity contribution < 1.29 is 4.42 Å². The lowest BCUT2D eigenvalue weighted by Crippen LogP contribution is -1.94. The van der Waals surface area contributed by atoms with Crippen LogP contribution in [0.4, 0.5) is 0 Å². The average Bonchev–Trinajstić information content (AvgIpc) is 3.82. The molecule has 0 spiro atoms. The summed E-state index contributed by atoms with van der Waals surface area (Å²) < 4.78 is 10.8. The second kappa shape index (κ2) is 9.93. The second-order valence-electron chi connectivity index (χ2n) is 12.8. The number of aromatic nitrogens is 3. The summed E-state index contributed by atoms with van der Waals surface area (Å²) in [6.07, 6.45) is 0. The Morgan fingerprint density at radius 2 is 1.00 bits per heavy atom. The summed E-state index contributed by atoms with van der Waals surface area (Å²) in [6.45, 7) is 0. The fourth-order valence-corrected chi connectivity index (χ4v) is 7.87. The zero-order valence-electron chi connectivity index (χ0n) is 26.3. The minimum Gasteiger partial charge on any atom is -0.437 e. The zero-order chi connectivity index (χ0) is 32.1. The number of para-hydroxylation sites is 2. The molecular formula is C45H27N3O. The van der Waals surface area contributed by atoms with E-state index in [0.717, 1.165) is 55.8 Å². The molecule has 0 aliphatic heterocycles. The Balaban J connectivity index is 1.08. The van der Waals surface area contributed by atoms with Gasteiger partial charge in [0.05, 0.1) is 16.7 Å². The first-order valence-corrected chi connectivity index (χ1v) is 16.6. The van der Waals surface area contributed by atoms with E-state index in [1.165, 1.54) is 43.4 Å². The summed E-state index contributed by atoms with van der Waals surface area (Å²) >= 11 is 0. The van der Waals surface area contributed by atoms with E-state index in [1.807, 2.05) is 30.3 Å². The van der Waals surface area contributed by atoms with E-state index in [4.69, 9.17) is 9.40 Å². The predicted molar refractivity (Wildman–Crippen MR) is 203 cm³/mol. The molecule has 0 aliphatic rings. The van der Waals surface area contributed by atoms with Gasteiger partial charge in [-0.2, -0.15) is 0 Å². The summed E-state index contributed by atoms with van der Waals surface area (Å²) in [5, 5.41) is 8.79. The first-order valence-electron chi connectivity index (χ1n) is 16.6. The summed E-state index contributed by atoms with van der Waals surface area (Å²) in [5.41, 5.74) is 10.4. The molecule has 0 saturated carbocycles. The predicted octanol–water partition coefficient (Wildman–Crippen LogP) is 12.0. The molecular weight excluding hydrogens is 599 g/mol. The van der Waals surface area contributed by atoms with Crippen molar-refractivity contribution in [3.8, 4) is 27.9 Å². The van der Waals surface area contributed by atoms with Crippen molar-refractivity contribution in [3.05, 3.63) is 164 Å². The largest absolute Gasteiger partial charge is 0.437 e. The smallest absolute Gasteiger partial charge is 0.232 e. The number of benzene rings is 8. The van der Waals surface area contributed by atoms with Gasteiger partial charge < -0.3 is 4.42 Å². The highest BCUT2D eigenvalue weighted by atomic mass is 16.3. The summed E-state index contributed by atoms with van der Waals surface area (Å²) in [7, 11) is 0. The molecule has 3 heterocycles. The van der Waals surface area contributed by atoms with Crippen LogP contribution >= 0.6 is 0 Å². The van der Waals surface area contributed by atoms with Gasteiger partial charge in [-0.25, -0.2) is 9.55 Å². The van der Waals surface area contributed by atoms with E-state index in [1.54, 1.807) is 0 Å². The number of rotatable bonds is 3. The first kappa shape index (κ1) is 26.4. The van der Waals surface area contributed by atoms with Gasteiger partial charge >= 0.3 is 0 Å². The Kier molecular flexibility index (Phi) is 5.35. The van der Waals surface area contributed by atoms with Crippen molar-refractivity contribution in [2.24, 2.45) is 0 Å². The molecule has 11 rings (SSSR count). The topological polar surface area (TPSA) is 35.4 Å². The van der Waals surface area contributed by atoms with Crippen molar-refractivity contribution in [2.75, 3.05) is 0 Å². The molecule has 4 heteroatoms. The third kappa shape index (κ3) is 3.77. The normalized spacial score (nSPS) is 12.1. The quantitative estimate of drug-likeness (QED) is 0.183. The van der Waals surface area contributed by atoms with Crippen LogP contribution in [0.5, 0.6) is 0 Å². The molecule has 0 fully saturated rings. The van der Waals surface area contributed by atoms with Crippen LogP contribution in [0, 0.1) is 0 Å². The van der Waals surface area contributed by atoms with E-state index < -0.39 is 0 Å². The molecule has 3 aromatic heterocycles. The van der Waals surface area contributed by atoms with Crippen molar-refractivity contribution in [1.29, 1.82) is 0 Å².